The maximum absolute atomic E-state index is 5.51. The zero-order chi connectivity index (χ0) is 11.5. The van der Waals surface area contributed by atoms with E-state index >= 15 is 0 Å². The van der Waals surface area contributed by atoms with Crippen molar-refractivity contribution in [3.05, 3.63) is 12.2 Å². The summed E-state index contributed by atoms with van der Waals surface area (Å²) in [6.45, 7) is 11.2. The van der Waals surface area contributed by atoms with Crippen LogP contribution in [0.25, 0.3) is 0 Å². The Morgan fingerprint density at radius 3 is 2.67 bits per heavy atom. The Bertz CT molecular complexity index is 160. The van der Waals surface area contributed by atoms with Gasteiger partial charge in [-0.25, -0.2) is 0 Å². The lowest BCUT2D eigenvalue weighted by molar-refractivity contribution is 0.0587. The van der Waals surface area contributed by atoms with Crippen molar-refractivity contribution in [2.24, 2.45) is 0 Å². The van der Waals surface area contributed by atoms with E-state index in [2.05, 4.69) is 25.7 Å². The highest BCUT2D eigenvalue weighted by Gasteiger charge is 2.07. The van der Waals surface area contributed by atoms with Crippen LogP contribution in [-0.4, -0.2) is 39.5 Å². The quantitative estimate of drug-likeness (QED) is 0.446. The first-order valence-corrected chi connectivity index (χ1v) is 5.65. The molecule has 0 aliphatic rings. The molecule has 0 saturated heterocycles. The Morgan fingerprint density at radius 1 is 1.40 bits per heavy atom. The van der Waals surface area contributed by atoms with Gasteiger partial charge in [0.05, 0.1) is 19.8 Å². The van der Waals surface area contributed by atoms with Gasteiger partial charge in [0.25, 0.3) is 0 Å². The number of hydrogen-bond acceptors (Lipinski definition) is 3. The first-order valence-electron chi connectivity index (χ1n) is 5.65. The van der Waals surface area contributed by atoms with E-state index in [0.29, 0.717) is 19.3 Å². The van der Waals surface area contributed by atoms with E-state index < -0.39 is 0 Å². The molecule has 0 aliphatic carbocycles. The second-order valence-electron chi connectivity index (χ2n) is 3.88. The van der Waals surface area contributed by atoms with Crippen molar-refractivity contribution in [2.45, 2.75) is 32.7 Å². The third-order valence-electron chi connectivity index (χ3n) is 2.03. The standard InChI is InChI=1S/C12H25NO2/c1-5-6-13-12(9-11(2)3)10-15-8-7-14-4/h12-13H,2,5-10H2,1,3-4H3. The van der Waals surface area contributed by atoms with Gasteiger partial charge in [0.15, 0.2) is 0 Å². The molecule has 1 atom stereocenters. The molecule has 0 aromatic rings. The highest BCUT2D eigenvalue weighted by Crippen LogP contribution is 2.02. The van der Waals surface area contributed by atoms with Gasteiger partial charge < -0.3 is 14.8 Å². The summed E-state index contributed by atoms with van der Waals surface area (Å²) in [7, 11) is 1.68. The molecule has 0 rings (SSSR count). The van der Waals surface area contributed by atoms with Crippen LogP contribution in [-0.2, 0) is 9.47 Å². The average molecular weight is 215 g/mol. The second kappa shape index (κ2) is 10.1. The van der Waals surface area contributed by atoms with Gasteiger partial charge in [-0.05, 0) is 26.3 Å². The molecular weight excluding hydrogens is 190 g/mol. The maximum Gasteiger partial charge on any atom is 0.0701 e. The van der Waals surface area contributed by atoms with Gasteiger partial charge in [0, 0.05) is 13.2 Å². The lowest BCUT2D eigenvalue weighted by atomic mass is 10.1. The topological polar surface area (TPSA) is 30.5 Å². The molecule has 0 aromatic heterocycles. The molecule has 0 fully saturated rings. The number of nitrogens with one attached hydrogen (secondary N) is 1. The van der Waals surface area contributed by atoms with Crippen molar-refractivity contribution >= 4 is 0 Å². The highest BCUT2D eigenvalue weighted by molar-refractivity contribution is 4.92. The molecule has 0 spiro atoms. The van der Waals surface area contributed by atoms with Crippen LogP contribution in [0.4, 0.5) is 0 Å². The van der Waals surface area contributed by atoms with Crippen LogP contribution in [0.2, 0.25) is 0 Å². The van der Waals surface area contributed by atoms with Crippen molar-refractivity contribution < 1.29 is 9.47 Å². The van der Waals surface area contributed by atoms with E-state index in [-0.39, 0.29) is 0 Å². The zero-order valence-corrected chi connectivity index (χ0v) is 10.3. The summed E-state index contributed by atoms with van der Waals surface area (Å²) in [5, 5.41) is 3.45. The minimum atomic E-state index is 0.388. The van der Waals surface area contributed by atoms with Crippen molar-refractivity contribution in [1.82, 2.24) is 5.32 Å². The minimum absolute atomic E-state index is 0.388. The SMILES string of the molecule is C=C(C)CC(COCCOC)NCCC. The number of ether oxygens (including phenoxy) is 2. The molecular formula is C12H25NO2. The van der Waals surface area contributed by atoms with Crippen molar-refractivity contribution in [3.63, 3.8) is 0 Å². The van der Waals surface area contributed by atoms with Gasteiger partial charge in [-0.3, -0.25) is 0 Å². The third-order valence-corrected chi connectivity index (χ3v) is 2.03. The fourth-order valence-electron chi connectivity index (χ4n) is 1.33. The van der Waals surface area contributed by atoms with E-state index in [4.69, 9.17) is 9.47 Å². The van der Waals surface area contributed by atoms with Gasteiger partial charge in [-0.15, -0.1) is 6.58 Å². The van der Waals surface area contributed by atoms with Gasteiger partial charge in [-0.1, -0.05) is 12.5 Å². The summed E-state index contributed by atoms with van der Waals surface area (Å²) >= 11 is 0. The van der Waals surface area contributed by atoms with Gasteiger partial charge >= 0.3 is 0 Å². The molecule has 3 nitrogen and oxygen atoms in total. The first-order chi connectivity index (χ1) is 7.20. The van der Waals surface area contributed by atoms with E-state index in [1.165, 1.54) is 5.57 Å². The van der Waals surface area contributed by atoms with E-state index in [9.17, 15) is 0 Å². The first kappa shape index (κ1) is 14.6. The van der Waals surface area contributed by atoms with Crippen LogP contribution in [0, 0.1) is 0 Å². The normalized spacial score (nSPS) is 12.7. The van der Waals surface area contributed by atoms with Crippen LogP contribution in [0.5, 0.6) is 0 Å². The molecule has 15 heavy (non-hydrogen) atoms. The zero-order valence-electron chi connectivity index (χ0n) is 10.3. The summed E-state index contributed by atoms with van der Waals surface area (Å²) in [5.74, 6) is 0. The summed E-state index contributed by atoms with van der Waals surface area (Å²) in [6.07, 6.45) is 2.12. The predicted octanol–water partition coefficient (Wildman–Crippen LogP) is 1.98. The van der Waals surface area contributed by atoms with Gasteiger partial charge in [0.2, 0.25) is 0 Å². The Hall–Kier alpha value is -0.380. The highest BCUT2D eigenvalue weighted by atomic mass is 16.5. The van der Waals surface area contributed by atoms with Crippen LogP contribution >= 0.6 is 0 Å². The summed E-state index contributed by atoms with van der Waals surface area (Å²) in [5.41, 5.74) is 1.19. The fraction of sp³-hybridized carbons (Fsp3) is 0.833. The Labute approximate surface area is 93.8 Å². The fourth-order valence-corrected chi connectivity index (χ4v) is 1.33. The maximum atomic E-state index is 5.51. The molecule has 1 N–H and O–H groups in total. The molecule has 0 amide bonds. The minimum Gasteiger partial charge on any atom is -0.382 e. The van der Waals surface area contributed by atoms with E-state index in [0.717, 1.165) is 26.0 Å². The Balaban J connectivity index is 3.64. The molecule has 90 valence electrons. The lowest BCUT2D eigenvalue weighted by Gasteiger charge is -2.18. The third kappa shape index (κ3) is 9.91. The molecule has 3 heteroatoms. The van der Waals surface area contributed by atoms with Crippen LogP contribution in [0.15, 0.2) is 12.2 Å². The number of hydrogen-bond donors (Lipinski definition) is 1. The summed E-state index contributed by atoms with van der Waals surface area (Å²) < 4.78 is 10.4. The second-order valence-corrected chi connectivity index (χ2v) is 3.88. The summed E-state index contributed by atoms with van der Waals surface area (Å²) in [6, 6.07) is 0.388. The molecule has 0 saturated carbocycles. The van der Waals surface area contributed by atoms with Crippen LogP contribution in [0.1, 0.15) is 26.7 Å². The average Bonchev–Trinajstić information content (AvgIpc) is 2.19. The van der Waals surface area contributed by atoms with E-state index in [1.54, 1.807) is 7.11 Å². The van der Waals surface area contributed by atoms with Crippen LogP contribution < -0.4 is 5.32 Å². The molecule has 0 bridgehead atoms. The van der Waals surface area contributed by atoms with Gasteiger partial charge in [0.1, 0.15) is 0 Å². The molecule has 0 radical (unpaired) electrons. The Kier molecular flexibility index (Phi) is 9.89. The largest absolute Gasteiger partial charge is 0.382 e. The predicted molar refractivity (Wildman–Crippen MR) is 64.2 cm³/mol. The molecule has 0 heterocycles. The number of methoxy groups -OCH3 is 1. The molecule has 0 aliphatic heterocycles. The smallest absolute Gasteiger partial charge is 0.0701 e. The van der Waals surface area contributed by atoms with Crippen molar-refractivity contribution in [2.75, 3.05) is 33.5 Å². The van der Waals surface area contributed by atoms with Crippen molar-refractivity contribution in [3.8, 4) is 0 Å². The Morgan fingerprint density at radius 2 is 2.13 bits per heavy atom. The summed E-state index contributed by atoms with van der Waals surface area (Å²) in [4.78, 5) is 0. The number of rotatable bonds is 10. The van der Waals surface area contributed by atoms with E-state index in [1.807, 2.05) is 0 Å². The van der Waals surface area contributed by atoms with Crippen LogP contribution in [0.3, 0.4) is 0 Å². The van der Waals surface area contributed by atoms with Gasteiger partial charge in [-0.2, -0.15) is 0 Å². The molecule has 0 aromatic carbocycles. The molecule has 1 unspecified atom stereocenters. The van der Waals surface area contributed by atoms with Crippen molar-refractivity contribution in [1.29, 1.82) is 0 Å². The lowest BCUT2D eigenvalue weighted by Crippen LogP contribution is -2.34. The monoisotopic (exact) mass is 215 g/mol.